The fraction of sp³-hybridized carbons (Fsp3) is 1.00. The van der Waals surface area contributed by atoms with Gasteiger partial charge in [-0.1, -0.05) is 0 Å². The number of ether oxygens (including phenoxy) is 1. The summed E-state index contributed by atoms with van der Waals surface area (Å²) in [6.45, 7) is 1.70. The van der Waals surface area contributed by atoms with Crippen molar-refractivity contribution in [1.82, 2.24) is 10.6 Å². The van der Waals surface area contributed by atoms with Crippen molar-refractivity contribution < 1.29 is 13.5 Å². The maximum Gasteiger partial charge on any atom is 0.250 e. The molecule has 0 bridgehead atoms. The molecular formula is C8H16F2N2O. The number of halogens is 2. The molecule has 0 aromatic heterocycles. The molecule has 0 aliphatic carbocycles. The van der Waals surface area contributed by atoms with Crippen molar-refractivity contribution in [3.05, 3.63) is 0 Å². The van der Waals surface area contributed by atoms with E-state index in [1.54, 1.807) is 0 Å². The Bertz CT molecular complexity index is 146. The zero-order valence-corrected chi connectivity index (χ0v) is 7.72. The maximum absolute atomic E-state index is 11.8. The van der Waals surface area contributed by atoms with Crippen LogP contribution in [-0.2, 0) is 4.74 Å². The summed E-state index contributed by atoms with van der Waals surface area (Å²) in [5.74, 6) is 0.309. The molecule has 2 N–H and O–H groups in total. The van der Waals surface area contributed by atoms with Crippen LogP contribution in [0.2, 0.25) is 0 Å². The second-order valence-electron chi connectivity index (χ2n) is 3.24. The lowest BCUT2D eigenvalue weighted by Gasteiger charge is -2.16. The molecule has 1 aliphatic heterocycles. The van der Waals surface area contributed by atoms with Gasteiger partial charge in [0.1, 0.15) is 0 Å². The van der Waals surface area contributed by atoms with Gasteiger partial charge in [-0.2, -0.15) is 0 Å². The third kappa shape index (κ3) is 3.54. The van der Waals surface area contributed by atoms with Gasteiger partial charge in [0.15, 0.2) is 0 Å². The lowest BCUT2D eigenvalue weighted by Crippen LogP contribution is -2.39. The van der Waals surface area contributed by atoms with E-state index in [0.717, 1.165) is 0 Å². The fourth-order valence-electron chi connectivity index (χ4n) is 1.50. The van der Waals surface area contributed by atoms with E-state index in [4.69, 9.17) is 4.74 Å². The van der Waals surface area contributed by atoms with Crippen LogP contribution >= 0.6 is 0 Å². The summed E-state index contributed by atoms with van der Waals surface area (Å²) >= 11 is 0. The van der Waals surface area contributed by atoms with Gasteiger partial charge in [0.05, 0.1) is 19.8 Å². The standard InChI is InChI=1S/C8H16F2N2O/c1-11-7-5-13-4-6(7)2-12-3-8(9)10/h6-8,11-12H,2-5H2,1H3. The molecule has 3 nitrogen and oxygen atoms in total. The summed E-state index contributed by atoms with van der Waals surface area (Å²) in [5, 5.41) is 5.82. The third-order valence-electron chi connectivity index (χ3n) is 2.27. The Hall–Kier alpha value is -0.260. The predicted molar refractivity (Wildman–Crippen MR) is 46.0 cm³/mol. The number of hydrogen-bond donors (Lipinski definition) is 2. The van der Waals surface area contributed by atoms with Crippen molar-refractivity contribution in [3.63, 3.8) is 0 Å². The van der Waals surface area contributed by atoms with Crippen molar-refractivity contribution in [2.45, 2.75) is 12.5 Å². The Morgan fingerprint density at radius 2 is 2.23 bits per heavy atom. The quantitative estimate of drug-likeness (QED) is 0.650. The van der Waals surface area contributed by atoms with Crippen LogP contribution in [0.15, 0.2) is 0 Å². The Labute approximate surface area is 76.8 Å². The van der Waals surface area contributed by atoms with Gasteiger partial charge in [-0.15, -0.1) is 0 Å². The largest absolute Gasteiger partial charge is 0.379 e. The molecule has 0 amide bonds. The van der Waals surface area contributed by atoms with Gasteiger partial charge in [-0.25, -0.2) is 8.78 Å². The highest BCUT2D eigenvalue weighted by atomic mass is 19.3. The molecule has 1 saturated heterocycles. The lowest BCUT2D eigenvalue weighted by atomic mass is 10.0. The summed E-state index contributed by atoms with van der Waals surface area (Å²) < 4.78 is 28.8. The van der Waals surface area contributed by atoms with Crippen LogP contribution in [0.4, 0.5) is 8.78 Å². The van der Waals surface area contributed by atoms with Crippen LogP contribution < -0.4 is 10.6 Å². The van der Waals surface area contributed by atoms with Crippen LogP contribution in [0.5, 0.6) is 0 Å². The summed E-state index contributed by atoms with van der Waals surface area (Å²) in [7, 11) is 1.86. The Morgan fingerprint density at radius 3 is 2.85 bits per heavy atom. The van der Waals surface area contributed by atoms with Crippen LogP contribution in [0, 0.1) is 5.92 Å². The van der Waals surface area contributed by atoms with Crippen molar-refractivity contribution in [1.29, 1.82) is 0 Å². The summed E-state index contributed by atoms with van der Waals surface area (Å²) in [4.78, 5) is 0. The first-order valence-corrected chi connectivity index (χ1v) is 4.48. The first kappa shape index (κ1) is 10.8. The minimum Gasteiger partial charge on any atom is -0.379 e. The number of likely N-dealkylation sites (N-methyl/N-ethyl adjacent to an activating group) is 1. The average Bonchev–Trinajstić information content (AvgIpc) is 2.51. The molecule has 2 unspecified atom stereocenters. The van der Waals surface area contributed by atoms with E-state index in [-0.39, 0.29) is 6.54 Å². The maximum atomic E-state index is 11.8. The second kappa shape index (κ2) is 5.47. The number of alkyl halides is 2. The predicted octanol–water partition coefficient (Wildman–Crippen LogP) is 0.0755. The monoisotopic (exact) mass is 194 g/mol. The molecule has 0 aromatic rings. The highest BCUT2D eigenvalue weighted by molar-refractivity contribution is 4.81. The lowest BCUT2D eigenvalue weighted by molar-refractivity contribution is 0.142. The molecule has 1 aliphatic rings. The molecule has 1 heterocycles. The summed E-state index contributed by atoms with van der Waals surface area (Å²) in [6.07, 6.45) is -2.27. The van der Waals surface area contributed by atoms with Gasteiger partial charge in [0.2, 0.25) is 0 Å². The van der Waals surface area contributed by atoms with E-state index in [2.05, 4.69) is 10.6 Å². The highest BCUT2D eigenvalue weighted by Gasteiger charge is 2.26. The van der Waals surface area contributed by atoms with Gasteiger partial charge < -0.3 is 15.4 Å². The van der Waals surface area contributed by atoms with E-state index in [0.29, 0.717) is 31.7 Å². The van der Waals surface area contributed by atoms with Gasteiger partial charge in [0.25, 0.3) is 6.43 Å². The van der Waals surface area contributed by atoms with E-state index in [1.807, 2.05) is 7.05 Å². The molecule has 2 atom stereocenters. The zero-order chi connectivity index (χ0) is 9.68. The number of rotatable bonds is 5. The molecule has 0 spiro atoms. The van der Waals surface area contributed by atoms with Gasteiger partial charge in [0, 0.05) is 18.5 Å². The van der Waals surface area contributed by atoms with Gasteiger partial charge >= 0.3 is 0 Å². The second-order valence-corrected chi connectivity index (χ2v) is 3.24. The first-order chi connectivity index (χ1) is 6.24. The third-order valence-corrected chi connectivity index (χ3v) is 2.27. The molecule has 0 radical (unpaired) electrons. The molecule has 0 aromatic carbocycles. The first-order valence-electron chi connectivity index (χ1n) is 4.48. The van der Waals surface area contributed by atoms with Crippen molar-refractivity contribution >= 4 is 0 Å². The topological polar surface area (TPSA) is 33.3 Å². The summed E-state index contributed by atoms with van der Waals surface area (Å²) in [5.41, 5.74) is 0. The molecule has 78 valence electrons. The Kier molecular flexibility index (Phi) is 4.55. The molecule has 1 rings (SSSR count). The minimum absolute atomic E-state index is 0.229. The van der Waals surface area contributed by atoms with E-state index >= 15 is 0 Å². The normalized spacial score (nSPS) is 28.6. The van der Waals surface area contributed by atoms with E-state index in [9.17, 15) is 8.78 Å². The Balaban J connectivity index is 2.13. The Morgan fingerprint density at radius 1 is 1.46 bits per heavy atom. The summed E-state index contributed by atoms with van der Waals surface area (Å²) in [6, 6.07) is 0.296. The van der Waals surface area contributed by atoms with Crippen molar-refractivity contribution in [2.75, 3.05) is 33.4 Å². The molecule has 0 saturated carbocycles. The van der Waals surface area contributed by atoms with Crippen molar-refractivity contribution in [2.24, 2.45) is 5.92 Å². The fourth-order valence-corrected chi connectivity index (χ4v) is 1.50. The molecular weight excluding hydrogens is 178 g/mol. The van der Waals surface area contributed by atoms with Gasteiger partial charge in [-0.05, 0) is 7.05 Å². The SMILES string of the molecule is CNC1COCC1CNCC(F)F. The molecule has 13 heavy (non-hydrogen) atoms. The van der Waals surface area contributed by atoms with E-state index in [1.165, 1.54) is 0 Å². The highest BCUT2D eigenvalue weighted by Crippen LogP contribution is 2.11. The zero-order valence-electron chi connectivity index (χ0n) is 7.72. The van der Waals surface area contributed by atoms with Crippen LogP contribution in [0.25, 0.3) is 0 Å². The van der Waals surface area contributed by atoms with Gasteiger partial charge in [-0.3, -0.25) is 0 Å². The minimum atomic E-state index is -2.27. The molecule has 5 heteroatoms. The van der Waals surface area contributed by atoms with Crippen LogP contribution in [0.1, 0.15) is 0 Å². The van der Waals surface area contributed by atoms with Crippen LogP contribution in [0.3, 0.4) is 0 Å². The smallest absolute Gasteiger partial charge is 0.250 e. The van der Waals surface area contributed by atoms with Crippen molar-refractivity contribution in [3.8, 4) is 0 Å². The average molecular weight is 194 g/mol. The number of nitrogens with one attached hydrogen (secondary N) is 2. The van der Waals surface area contributed by atoms with E-state index < -0.39 is 6.43 Å². The number of hydrogen-bond acceptors (Lipinski definition) is 3. The van der Waals surface area contributed by atoms with Crippen LogP contribution in [-0.4, -0.2) is 45.8 Å². The molecule has 1 fully saturated rings.